The maximum Gasteiger partial charge on any atom is 2.00 e. The van der Waals surface area contributed by atoms with Crippen LogP contribution in [0.15, 0.2) is 0 Å². The number of hydrogen-bond acceptors (Lipinski definition) is 7. The molecule has 0 saturated heterocycles. The van der Waals surface area contributed by atoms with Crippen molar-refractivity contribution in [1.29, 1.82) is 0 Å². The Kier molecular flexibility index (Phi) is 12.7. The fourth-order valence-electron chi connectivity index (χ4n) is 0.455. The zero-order valence-electron chi connectivity index (χ0n) is 7.26. The van der Waals surface area contributed by atoms with Gasteiger partial charge in [-0.15, -0.1) is 0 Å². The van der Waals surface area contributed by atoms with Crippen LogP contribution in [0.5, 0.6) is 0 Å². The summed E-state index contributed by atoms with van der Waals surface area (Å²) in [5, 5.41) is 17.1. The fraction of sp³-hybridized carbons (Fsp3) is 0.500. The Morgan fingerprint density at radius 2 is 1.57 bits per heavy atom. The zero-order valence-corrected chi connectivity index (χ0v) is 14.5. The molecule has 0 rings (SSSR count). The van der Waals surface area contributed by atoms with Gasteiger partial charge in [-0.25, -0.2) is 8.42 Å². The number of hydrogen-bond donors (Lipinski definition) is 0. The first kappa shape index (κ1) is 20.8. The number of carboxylic acid groups (broad SMARTS) is 2. The van der Waals surface area contributed by atoms with E-state index in [9.17, 15) is 32.8 Å². The third-order valence-electron chi connectivity index (χ3n) is 0.963. The fourth-order valence-corrected chi connectivity index (χ4v) is 1.03. The molecule has 1 unspecified atom stereocenters. The molecule has 10 heteroatoms. The smallest absolute Gasteiger partial charge is 0.747 e. The third kappa shape index (κ3) is 8.71. The summed E-state index contributed by atoms with van der Waals surface area (Å²) >= 11 is 0. The van der Waals surface area contributed by atoms with Gasteiger partial charge in [0.2, 0.25) is 0 Å². The quantitative estimate of drug-likeness (QED) is 0.361. The van der Waals surface area contributed by atoms with Crippen molar-refractivity contribution in [2.75, 3.05) is 0 Å². The molecule has 0 heterocycles. The molecule has 1 atom stereocenters. The second kappa shape index (κ2) is 8.56. The first-order valence-corrected chi connectivity index (χ1v) is 4.07. The van der Waals surface area contributed by atoms with Crippen molar-refractivity contribution in [3.63, 3.8) is 0 Å². The average molecular weight is 355 g/mol. The van der Waals surface area contributed by atoms with Crippen molar-refractivity contribution >= 4 is 70.9 Å². The van der Waals surface area contributed by atoms with Crippen molar-refractivity contribution < 1.29 is 62.3 Å². The van der Waals surface area contributed by atoms with Gasteiger partial charge in [-0.05, 0) is 0 Å². The maximum absolute atomic E-state index is 10.0. The van der Waals surface area contributed by atoms with Gasteiger partial charge in [0.1, 0.15) is 10.1 Å². The van der Waals surface area contributed by atoms with E-state index in [1.807, 2.05) is 0 Å². The van der Waals surface area contributed by atoms with Gasteiger partial charge in [0.05, 0.1) is 11.2 Å². The molecule has 0 aromatic rings. The van der Waals surface area contributed by atoms with E-state index in [1.54, 1.807) is 0 Å². The van der Waals surface area contributed by atoms with Crippen LogP contribution in [0.2, 0.25) is 0 Å². The zero-order chi connectivity index (χ0) is 9.94. The minimum absolute atomic E-state index is 0. The summed E-state index contributed by atoms with van der Waals surface area (Å²) < 4.78 is 30.1. The van der Waals surface area contributed by atoms with Gasteiger partial charge in [-0.1, -0.05) is 0 Å². The number of rotatable bonds is 4. The molecule has 0 aliphatic carbocycles. The standard InChI is InChI=1S/C4H6O7S.Ba.Na/c5-3(6)1-2(4(7)8)12(9,10)11;;/h2H,1H2,(H,5,6)(H,7,8)(H,9,10,11);;/q;+2;+1/p-3. The Balaban J connectivity index is -0.000000605. The molecule has 0 spiro atoms. The minimum Gasteiger partial charge on any atom is -0.747 e. The van der Waals surface area contributed by atoms with Crippen molar-refractivity contribution in [1.82, 2.24) is 0 Å². The van der Waals surface area contributed by atoms with Crippen LogP contribution < -0.4 is 39.8 Å². The van der Waals surface area contributed by atoms with E-state index < -0.39 is 33.7 Å². The predicted molar refractivity (Wildman–Crippen MR) is 33.9 cm³/mol. The SMILES string of the molecule is O=C([O-])CC(C(=O)[O-])S(=O)(=O)[O-].[Ba+2].[Na+]. The first-order valence-electron chi connectivity index (χ1n) is 2.60. The molecule has 7 nitrogen and oxygen atoms in total. The van der Waals surface area contributed by atoms with Crippen molar-refractivity contribution in [3.05, 3.63) is 0 Å². The number of carbonyl (C=O) groups is 2. The largest absolute Gasteiger partial charge is 2.00 e. The van der Waals surface area contributed by atoms with E-state index in [1.165, 1.54) is 0 Å². The molecule has 0 N–H and O–H groups in total. The normalized spacial score (nSPS) is 11.8. The molecular formula is C4H3BaNaO7S. The molecule has 0 fully saturated rings. The Bertz CT molecular complexity index is 299. The summed E-state index contributed by atoms with van der Waals surface area (Å²) in [6.07, 6.45) is -1.39. The second-order valence-corrected chi connectivity index (χ2v) is 3.43. The van der Waals surface area contributed by atoms with Crippen LogP contribution in [-0.2, 0) is 19.7 Å². The number of aliphatic carboxylic acids is 2. The van der Waals surface area contributed by atoms with E-state index in [0.29, 0.717) is 0 Å². The topological polar surface area (TPSA) is 137 Å². The van der Waals surface area contributed by atoms with Gasteiger partial charge in [-0.3, -0.25) is 0 Å². The Hall–Kier alpha value is 1.42. The Morgan fingerprint density at radius 3 is 1.64 bits per heavy atom. The summed E-state index contributed by atoms with van der Waals surface area (Å²) in [5.74, 6) is -4.18. The Morgan fingerprint density at radius 1 is 1.21 bits per heavy atom. The van der Waals surface area contributed by atoms with Crippen LogP contribution >= 0.6 is 0 Å². The second-order valence-electron chi connectivity index (χ2n) is 1.88. The van der Waals surface area contributed by atoms with E-state index in [4.69, 9.17) is 0 Å². The maximum atomic E-state index is 10.0. The summed E-state index contributed by atoms with van der Waals surface area (Å²) in [6.45, 7) is 0. The number of carbonyl (C=O) groups excluding carboxylic acids is 2. The van der Waals surface area contributed by atoms with Gasteiger partial charge in [0.25, 0.3) is 0 Å². The Labute approximate surface area is 142 Å². The van der Waals surface area contributed by atoms with E-state index in [-0.39, 0.29) is 78.4 Å². The molecule has 0 saturated carbocycles. The molecule has 0 aliphatic rings. The molecule has 70 valence electrons. The molecule has 0 aliphatic heterocycles. The molecule has 0 aromatic carbocycles. The van der Waals surface area contributed by atoms with Crippen LogP contribution in [0, 0.1) is 0 Å². The van der Waals surface area contributed by atoms with Gasteiger partial charge in [0, 0.05) is 12.4 Å². The van der Waals surface area contributed by atoms with Crippen molar-refractivity contribution in [2.45, 2.75) is 11.7 Å². The summed E-state index contributed by atoms with van der Waals surface area (Å²) in [5.41, 5.74) is 0. The van der Waals surface area contributed by atoms with Crippen LogP contribution in [0.25, 0.3) is 0 Å². The van der Waals surface area contributed by atoms with Gasteiger partial charge >= 0.3 is 78.4 Å². The summed E-state index contributed by atoms with van der Waals surface area (Å²) in [7, 11) is -5.19. The average Bonchev–Trinajstić information content (AvgIpc) is 1.79. The van der Waals surface area contributed by atoms with Gasteiger partial charge < -0.3 is 24.4 Å². The van der Waals surface area contributed by atoms with E-state index >= 15 is 0 Å². The summed E-state index contributed by atoms with van der Waals surface area (Å²) in [6, 6.07) is 0. The molecular weight excluding hydrogens is 352 g/mol. The van der Waals surface area contributed by atoms with E-state index in [0.717, 1.165) is 0 Å². The molecule has 0 aromatic heterocycles. The van der Waals surface area contributed by atoms with Crippen LogP contribution in [-0.4, -0.2) is 79.0 Å². The first-order chi connectivity index (χ1) is 5.25. The van der Waals surface area contributed by atoms with Crippen molar-refractivity contribution in [3.8, 4) is 0 Å². The summed E-state index contributed by atoms with van der Waals surface area (Å²) in [4.78, 5) is 19.7. The third-order valence-corrected chi connectivity index (χ3v) is 2.02. The molecule has 0 radical (unpaired) electrons. The minimum atomic E-state index is -5.19. The van der Waals surface area contributed by atoms with Crippen LogP contribution in [0.1, 0.15) is 6.42 Å². The van der Waals surface area contributed by atoms with E-state index in [2.05, 4.69) is 0 Å². The molecule has 0 amide bonds. The molecule has 14 heavy (non-hydrogen) atoms. The van der Waals surface area contributed by atoms with Crippen LogP contribution in [0.3, 0.4) is 0 Å². The number of carboxylic acids is 2. The van der Waals surface area contributed by atoms with Gasteiger partial charge in [-0.2, -0.15) is 0 Å². The monoisotopic (exact) mass is 356 g/mol. The predicted octanol–water partition coefficient (Wildman–Crippen LogP) is -7.59. The van der Waals surface area contributed by atoms with Crippen molar-refractivity contribution in [2.24, 2.45) is 0 Å². The van der Waals surface area contributed by atoms with Crippen LogP contribution in [0.4, 0.5) is 0 Å². The molecule has 0 bridgehead atoms. The van der Waals surface area contributed by atoms with Gasteiger partial charge in [0.15, 0.2) is 0 Å².